The number of hydrogen-bond acceptors (Lipinski definition) is 7. The van der Waals surface area contributed by atoms with Crippen LogP contribution in [0.25, 0.3) is 0 Å². The highest BCUT2D eigenvalue weighted by Crippen LogP contribution is 2.27. The van der Waals surface area contributed by atoms with E-state index in [0.717, 1.165) is 36.5 Å². The summed E-state index contributed by atoms with van der Waals surface area (Å²) in [6, 6.07) is 3.86. The molecule has 0 saturated carbocycles. The Morgan fingerprint density at radius 2 is 1.93 bits per heavy atom. The van der Waals surface area contributed by atoms with E-state index in [0.29, 0.717) is 24.1 Å². The number of carbonyl (C=O) groups excluding carboxylic acids is 1. The number of aromatic nitrogens is 4. The van der Waals surface area contributed by atoms with E-state index in [2.05, 4.69) is 25.3 Å². The minimum Gasteiger partial charge on any atom is -0.375 e. The van der Waals surface area contributed by atoms with Gasteiger partial charge in [-0.1, -0.05) is 0 Å². The van der Waals surface area contributed by atoms with Crippen molar-refractivity contribution in [2.45, 2.75) is 39.5 Å². The van der Waals surface area contributed by atoms with Gasteiger partial charge in [-0.25, -0.2) is 19.9 Å². The number of ether oxygens (including phenoxy) is 1. The highest BCUT2D eigenvalue weighted by atomic mass is 16.5. The third-order valence-electron chi connectivity index (χ3n) is 4.54. The van der Waals surface area contributed by atoms with Gasteiger partial charge in [-0.05, 0) is 39.7 Å². The standard InChI is InChI=1S/C19H26N6O2/c1-12-8-13(2)21-19(20-12)24-17-9-16(22-14(3)23-17)15-6-5-7-25(10-15)18(26)11-27-4/h8-9,15H,5-7,10-11H2,1-4H3,(H,20,21,22,23,24). The smallest absolute Gasteiger partial charge is 0.248 e. The number of rotatable bonds is 5. The van der Waals surface area contributed by atoms with Crippen LogP contribution >= 0.6 is 0 Å². The van der Waals surface area contributed by atoms with Crippen LogP contribution in [0.2, 0.25) is 0 Å². The van der Waals surface area contributed by atoms with Crippen LogP contribution in [-0.4, -0.2) is 57.5 Å². The second-order valence-electron chi connectivity index (χ2n) is 6.94. The Balaban J connectivity index is 1.79. The Morgan fingerprint density at radius 1 is 1.19 bits per heavy atom. The number of likely N-dealkylation sites (tertiary alicyclic amines) is 1. The fourth-order valence-electron chi connectivity index (χ4n) is 3.42. The van der Waals surface area contributed by atoms with Crippen molar-refractivity contribution in [3.8, 4) is 0 Å². The first kappa shape index (κ1) is 19.2. The molecule has 144 valence electrons. The van der Waals surface area contributed by atoms with Gasteiger partial charge in [0.15, 0.2) is 0 Å². The summed E-state index contributed by atoms with van der Waals surface area (Å²) in [4.78, 5) is 31.9. The van der Waals surface area contributed by atoms with Gasteiger partial charge in [-0.3, -0.25) is 4.79 Å². The number of amides is 1. The number of nitrogens with one attached hydrogen (secondary N) is 1. The largest absolute Gasteiger partial charge is 0.375 e. The molecule has 3 rings (SSSR count). The Kier molecular flexibility index (Phi) is 5.95. The molecule has 1 aliphatic rings. The quantitative estimate of drug-likeness (QED) is 0.863. The second kappa shape index (κ2) is 8.39. The zero-order valence-corrected chi connectivity index (χ0v) is 16.3. The minimum absolute atomic E-state index is 0.0231. The van der Waals surface area contributed by atoms with E-state index in [9.17, 15) is 4.79 Å². The van der Waals surface area contributed by atoms with Gasteiger partial charge < -0.3 is 15.0 Å². The van der Waals surface area contributed by atoms with Gasteiger partial charge in [0.2, 0.25) is 11.9 Å². The number of methoxy groups -OCH3 is 1. The fourth-order valence-corrected chi connectivity index (χ4v) is 3.42. The average molecular weight is 370 g/mol. The summed E-state index contributed by atoms with van der Waals surface area (Å²) in [5.74, 6) is 2.08. The van der Waals surface area contributed by atoms with Crippen LogP contribution in [0.4, 0.5) is 11.8 Å². The topological polar surface area (TPSA) is 93.1 Å². The molecule has 8 nitrogen and oxygen atoms in total. The molecule has 2 aromatic heterocycles. The molecule has 2 aromatic rings. The van der Waals surface area contributed by atoms with Crippen molar-refractivity contribution >= 4 is 17.7 Å². The summed E-state index contributed by atoms with van der Waals surface area (Å²) in [5, 5.41) is 3.19. The van der Waals surface area contributed by atoms with Gasteiger partial charge in [0, 0.05) is 43.6 Å². The zero-order chi connectivity index (χ0) is 19.4. The molecule has 0 aromatic carbocycles. The molecule has 8 heteroatoms. The summed E-state index contributed by atoms with van der Waals surface area (Å²) in [6.45, 7) is 7.27. The van der Waals surface area contributed by atoms with Crippen LogP contribution in [0.3, 0.4) is 0 Å². The molecule has 1 amide bonds. The monoisotopic (exact) mass is 370 g/mol. The predicted molar refractivity (Wildman–Crippen MR) is 102 cm³/mol. The highest BCUT2D eigenvalue weighted by molar-refractivity contribution is 5.77. The summed E-state index contributed by atoms with van der Waals surface area (Å²) >= 11 is 0. The molecule has 0 radical (unpaired) electrons. The molecule has 3 heterocycles. The number of nitrogens with zero attached hydrogens (tertiary/aromatic N) is 5. The molecule has 0 aliphatic carbocycles. The van der Waals surface area contributed by atoms with Crippen LogP contribution in [-0.2, 0) is 9.53 Å². The van der Waals surface area contributed by atoms with Crippen LogP contribution in [0, 0.1) is 20.8 Å². The molecular formula is C19H26N6O2. The Labute approximate surface area is 159 Å². The molecule has 27 heavy (non-hydrogen) atoms. The SMILES string of the molecule is COCC(=O)N1CCCC(c2cc(Nc3nc(C)cc(C)n3)nc(C)n2)C1. The summed E-state index contributed by atoms with van der Waals surface area (Å²) in [6.07, 6.45) is 1.94. The van der Waals surface area contributed by atoms with Crippen LogP contribution in [0.1, 0.15) is 41.7 Å². The maximum Gasteiger partial charge on any atom is 0.248 e. The summed E-state index contributed by atoms with van der Waals surface area (Å²) < 4.78 is 4.98. The average Bonchev–Trinajstić information content (AvgIpc) is 2.60. The molecule has 1 atom stereocenters. The van der Waals surface area contributed by atoms with E-state index in [1.807, 2.05) is 37.8 Å². The van der Waals surface area contributed by atoms with E-state index < -0.39 is 0 Å². The number of aryl methyl sites for hydroxylation is 3. The third-order valence-corrected chi connectivity index (χ3v) is 4.54. The Morgan fingerprint density at radius 3 is 2.63 bits per heavy atom. The van der Waals surface area contributed by atoms with Crippen molar-refractivity contribution in [1.82, 2.24) is 24.8 Å². The third kappa shape index (κ3) is 4.97. The Bertz CT molecular complexity index is 806. The Hall–Kier alpha value is -2.61. The van der Waals surface area contributed by atoms with E-state index >= 15 is 0 Å². The van der Waals surface area contributed by atoms with Crippen LogP contribution in [0.5, 0.6) is 0 Å². The van der Waals surface area contributed by atoms with E-state index in [1.165, 1.54) is 0 Å². The first-order chi connectivity index (χ1) is 12.9. The van der Waals surface area contributed by atoms with Crippen molar-refractivity contribution in [3.63, 3.8) is 0 Å². The molecule has 0 spiro atoms. The van der Waals surface area contributed by atoms with Crippen molar-refractivity contribution in [2.24, 2.45) is 0 Å². The maximum atomic E-state index is 12.2. The minimum atomic E-state index is 0.0231. The lowest BCUT2D eigenvalue weighted by molar-refractivity contribution is -0.136. The number of carbonyl (C=O) groups is 1. The van der Waals surface area contributed by atoms with Crippen molar-refractivity contribution in [3.05, 3.63) is 35.0 Å². The number of hydrogen-bond donors (Lipinski definition) is 1. The van der Waals surface area contributed by atoms with E-state index in [4.69, 9.17) is 4.74 Å². The lowest BCUT2D eigenvalue weighted by Crippen LogP contribution is -2.41. The van der Waals surface area contributed by atoms with Gasteiger partial charge in [-0.15, -0.1) is 0 Å². The van der Waals surface area contributed by atoms with E-state index in [-0.39, 0.29) is 18.4 Å². The molecule has 1 unspecified atom stereocenters. The normalized spacial score (nSPS) is 17.0. The van der Waals surface area contributed by atoms with Crippen LogP contribution < -0.4 is 5.32 Å². The first-order valence-corrected chi connectivity index (χ1v) is 9.16. The summed E-state index contributed by atoms with van der Waals surface area (Å²) in [5.41, 5.74) is 2.73. The molecule has 1 aliphatic heterocycles. The van der Waals surface area contributed by atoms with Crippen molar-refractivity contribution in [2.75, 3.05) is 32.1 Å². The van der Waals surface area contributed by atoms with Crippen molar-refractivity contribution < 1.29 is 9.53 Å². The second-order valence-corrected chi connectivity index (χ2v) is 6.94. The highest BCUT2D eigenvalue weighted by Gasteiger charge is 2.26. The molecule has 1 N–H and O–H groups in total. The summed E-state index contributed by atoms with van der Waals surface area (Å²) in [7, 11) is 1.54. The maximum absolute atomic E-state index is 12.2. The molecule has 0 bridgehead atoms. The zero-order valence-electron chi connectivity index (χ0n) is 16.3. The predicted octanol–water partition coefficient (Wildman–Crippen LogP) is 2.29. The molecule has 1 saturated heterocycles. The molecule has 1 fully saturated rings. The van der Waals surface area contributed by atoms with Gasteiger partial charge in [0.25, 0.3) is 0 Å². The van der Waals surface area contributed by atoms with Gasteiger partial charge in [-0.2, -0.15) is 0 Å². The van der Waals surface area contributed by atoms with Gasteiger partial charge >= 0.3 is 0 Å². The van der Waals surface area contributed by atoms with Crippen molar-refractivity contribution in [1.29, 1.82) is 0 Å². The van der Waals surface area contributed by atoms with Crippen LogP contribution in [0.15, 0.2) is 12.1 Å². The van der Waals surface area contributed by atoms with Gasteiger partial charge in [0.1, 0.15) is 18.2 Å². The fraction of sp³-hybridized carbons (Fsp3) is 0.526. The lowest BCUT2D eigenvalue weighted by Gasteiger charge is -2.32. The molecular weight excluding hydrogens is 344 g/mol. The number of anilines is 2. The lowest BCUT2D eigenvalue weighted by atomic mass is 9.94. The first-order valence-electron chi connectivity index (χ1n) is 9.16. The van der Waals surface area contributed by atoms with E-state index in [1.54, 1.807) is 7.11 Å². The number of piperidine rings is 1. The van der Waals surface area contributed by atoms with Gasteiger partial charge in [0.05, 0.1) is 5.69 Å².